The molecule has 1 aromatic heterocycles. The number of hydrogen-bond donors (Lipinski definition) is 1. The van der Waals surface area contributed by atoms with Crippen molar-refractivity contribution >= 4 is 22.0 Å². The molecular weight excluding hydrogens is 276 g/mol. The molecule has 1 heterocycles. The fourth-order valence-electron chi connectivity index (χ4n) is 1.41. The topological polar surface area (TPSA) is 24.9 Å². The Morgan fingerprint density at radius 3 is 2.53 bits per heavy atom. The summed E-state index contributed by atoms with van der Waals surface area (Å²) in [6, 6.07) is 4.56. The van der Waals surface area contributed by atoms with E-state index in [1.165, 1.54) is 5.57 Å². The van der Waals surface area contributed by atoms with Gasteiger partial charge in [0.15, 0.2) is 0 Å². The number of nitrogens with zero attached hydrogens (tertiary/aromatic N) is 1. The van der Waals surface area contributed by atoms with E-state index in [0.29, 0.717) is 12.0 Å². The fraction of sp³-hybridized carbons (Fsp3) is 0.500. The Morgan fingerprint density at radius 1 is 1.35 bits per heavy atom. The van der Waals surface area contributed by atoms with Crippen molar-refractivity contribution in [2.45, 2.75) is 33.7 Å². The summed E-state index contributed by atoms with van der Waals surface area (Å²) >= 11 is 3.39. The molecule has 1 aromatic rings. The number of nitrogens with one attached hydrogen (secondary N) is 1. The van der Waals surface area contributed by atoms with Gasteiger partial charge in [-0.25, -0.2) is 0 Å². The summed E-state index contributed by atoms with van der Waals surface area (Å²) in [6.07, 6.45) is 4.01. The van der Waals surface area contributed by atoms with Crippen LogP contribution in [0.1, 0.15) is 33.4 Å². The second-order valence-corrected chi connectivity index (χ2v) is 5.73. The Hall–Kier alpha value is -0.670. The molecular formula is C14H21BrN2. The van der Waals surface area contributed by atoms with E-state index in [1.54, 1.807) is 0 Å². The van der Waals surface area contributed by atoms with Crippen molar-refractivity contribution in [2.24, 2.45) is 5.92 Å². The molecule has 0 bridgehead atoms. The van der Waals surface area contributed by atoms with Crippen molar-refractivity contribution in [1.82, 2.24) is 10.3 Å². The van der Waals surface area contributed by atoms with E-state index in [1.807, 2.05) is 18.3 Å². The Morgan fingerprint density at radius 2 is 2.06 bits per heavy atom. The van der Waals surface area contributed by atoms with Crippen LogP contribution in [0.4, 0.5) is 0 Å². The second kappa shape index (κ2) is 6.92. The lowest BCUT2D eigenvalue weighted by atomic mass is 10.0. The average molecular weight is 297 g/mol. The number of pyridine rings is 1. The zero-order valence-corrected chi connectivity index (χ0v) is 12.6. The van der Waals surface area contributed by atoms with Gasteiger partial charge in [0.05, 0.1) is 5.69 Å². The normalized spacial score (nSPS) is 12.5. The molecule has 1 N–H and O–H groups in total. The summed E-state index contributed by atoms with van der Waals surface area (Å²) in [6.45, 7) is 9.68. The molecule has 3 heteroatoms. The molecule has 17 heavy (non-hydrogen) atoms. The zero-order chi connectivity index (χ0) is 12.8. The first-order chi connectivity index (χ1) is 7.99. The smallest absolute Gasteiger partial charge is 0.0630 e. The van der Waals surface area contributed by atoms with Gasteiger partial charge >= 0.3 is 0 Å². The van der Waals surface area contributed by atoms with E-state index < -0.39 is 0 Å². The van der Waals surface area contributed by atoms with E-state index in [4.69, 9.17) is 0 Å². The van der Waals surface area contributed by atoms with E-state index in [9.17, 15) is 0 Å². The van der Waals surface area contributed by atoms with Gasteiger partial charge in [-0.15, -0.1) is 0 Å². The summed E-state index contributed by atoms with van der Waals surface area (Å²) in [5.74, 6) is 0.534. The number of rotatable bonds is 5. The highest BCUT2D eigenvalue weighted by molar-refractivity contribution is 9.10. The molecule has 0 saturated heterocycles. The van der Waals surface area contributed by atoms with E-state index >= 15 is 0 Å². The highest BCUT2D eigenvalue weighted by atomic mass is 79.9. The van der Waals surface area contributed by atoms with Gasteiger partial charge in [0.2, 0.25) is 0 Å². The van der Waals surface area contributed by atoms with Crippen molar-refractivity contribution in [3.8, 4) is 0 Å². The monoisotopic (exact) mass is 296 g/mol. The SMILES string of the molecule is CC(C)NC/C(=C/c1ccc(Br)cn1)C(C)C. The van der Waals surface area contributed by atoms with Gasteiger partial charge in [-0.05, 0) is 40.1 Å². The van der Waals surface area contributed by atoms with Crippen LogP contribution >= 0.6 is 15.9 Å². The number of halogens is 1. The van der Waals surface area contributed by atoms with Crippen LogP contribution in [-0.4, -0.2) is 17.6 Å². The summed E-state index contributed by atoms with van der Waals surface area (Å²) < 4.78 is 1.01. The van der Waals surface area contributed by atoms with Gasteiger partial charge in [0, 0.05) is 23.3 Å². The molecule has 0 aliphatic heterocycles. The molecule has 94 valence electrons. The van der Waals surface area contributed by atoms with Crippen LogP contribution < -0.4 is 5.32 Å². The lowest BCUT2D eigenvalue weighted by Crippen LogP contribution is -2.26. The first kappa shape index (κ1) is 14.4. The molecule has 0 aromatic carbocycles. The minimum atomic E-state index is 0.509. The molecule has 0 saturated carbocycles. The Balaban J connectivity index is 2.78. The predicted octanol–water partition coefficient (Wildman–Crippen LogP) is 3.88. The van der Waals surface area contributed by atoms with Gasteiger partial charge in [-0.2, -0.15) is 0 Å². The van der Waals surface area contributed by atoms with Crippen LogP contribution in [0.25, 0.3) is 6.08 Å². The minimum absolute atomic E-state index is 0.509. The summed E-state index contributed by atoms with van der Waals surface area (Å²) in [5.41, 5.74) is 2.40. The molecule has 0 fully saturated rings. The molecule has 0 amide bonds. The third kappa shape index (κ3) is 5.46. The Labute approximate surface area is 113 Å². The third-order valence-electron chi connectivity index (χ3n) is 2.54. The molecule has 0 unspecified atom stereocenters. The summed E-state index contributed by atoms with van der Waals surface area (Å²) in [7, 11) is 0. The minimum Gasteiger partial charge on any atom is -0.311 e. The summed E-state index contributed by atoms with van der Waals surface area (Å²) in [4.78, 5) is 4.38. The zero-order valence-electron chi connectivity index (χ0n) is 11.0. The van der Waals surface area contributed by atoms with E-state index in [-0.39, 0.29) is 0 Å². The maximum atomic E-state index is 4.38. The largest absolute Gasteiger partial charge is 0.311 e. The van der Waals surface area contributed by atoms with Crippen LogP contribution in [0.5, 0.6) is 0 Å². The number of aromatic nitrogens is 1. The highest BCUT2D eigenvalue weighted by Gasteiger charge is 2.04. The molecule has 2 nitrogen and oxygen atoms in total. The van der Waals surface area contributed by atoms with Gasteiger partial charge < -0.3 is 5.32 Å². The van der Waals surface area contributed by atoms with Gasteiger partial charge in [0.25, 0.3) is 0 Å². The maximum absolute atomic E-state index is 4.38. The van der Waals surface area contributed by atoms with Gasteiger partial charge in [-0.3, -0.25) is 4.98 Å². The van der Waals surface area contributed by atoms with Crippen molar-refractivity contribution in [3.63, 3.8) is 0 Å². The van der Waals surface area contributed by atoms with E-state index in [2.05, 4.69) is 60.0 Å². The van der Waals surface area contributed by atoms with Gasteiger partial charge in [-0.1, -0.05) is 33.3 Å². The molecule has 1 rings (SSSR count). The van der Waals surface area contributed by atoms with Crippen LogP contribution in [-0.2, 0) is 0 Å². The van der Waals surface area contributed by atoms with Crippen molar-refractivity contribution in [1.29, 1.82) is 0 Å². The van der Waals surface area contributed by atoms with Crippen LogP contribution in [0, 0.1) is 5.92 Å². The molecule has 0 spiro atoms. The third-order valence-corrected chi connectivity index (χ3v) is 3.01. The molecule has 0 radical (unpaired) electrons. The molecule has 0 aliphatic rings. The van der Waals surface area contributed by atoms with Crippen LogP contribution in [0.15, 0.2) is 28.4 Å². The average Bonchev–Trinajstić information content (AvgIpc) is 2.26. The first-order valence-electron chi connectivity index (χ1n) is 6.04. The van der Waals surface area contributed by atoms with Crippen molar-refractivity contribution < 1.29 is 0 Å². The van der Waals surface area contributed by atoms with Crippen LogP contribution in [0.3, 0.4) is 0 Å². The fourth-order valence-corrected chi connectivity index (χ4v) is 1.64. The Kier molecular flexibility index (Phi) is 5.86. The quantitative estimate of drug-likeness (QED) is 0.892. The maximum Gasteiger partial charge on any atom is 0.0630 e. The lowest BCUT2D eigenvalue weighted by molar-refractivity contribution is 0.593. The highest BCUT2D eigenvalue weighted by Crippen LogP contribution is 2.14. The number of hydrogen-bond acceptors (Lipinski definition) is 2. The van der Waals surface area contributed by atoms with Crippen molar-refractivity contribution in [3.05, 3.63) is 34.1 Å². The van der Waals surface area contributed by atoms with Crippen molar-refractivity contribution in [2.75, 3.05) is 6.54 Å². The summed E-state index contributed by atoms with van der Waals surface area (Å²) in [5, 5.41) is 3.45. The predicted molar refractivity (Wildman–Crippen MR) is 77.9 cm³/mol. The van der Waals surface area contributed by atoms with E-state index in [0.717, 1.165) is 16.7 Å². The standard InChI is InChI=1S/C14H21BrN2/c1-10(2)12(8-16-11(3)4)7-14-6-5-13(15)9-17-14/h5-7,9-11,16H,8H2,1-4H3/b12-7-. The lowest BCUT2D eigenvalue weighted by Gasteiger charge is -2.14. The van der Waals surface area contributed by atoms with Gasteiger partial charge in [0.1, 0.15) is 0 Å². The molecule has 0 atom stereocenters. The first-order valence-corrected chi connectivity index (χ1v) is 6.83. The Bertz CT molecular complexity index is 366. The second-order valence-electron chi connectivity index (χ2n) is 4.81. The van der Waals surface area contributed by atoms with Crippen LogP contribution in [0.2, 0.25) is 0 Å². The molecule has 0 aliphatic carbocycles.